The number of methoxy groups -OCH3 is 2. The Morgan fingerprint density at radius 3 is 2.33 bits per heavy atom. The van der Waals surface area contributed by atoms with Gasteiger partial charge in [-0.1, -0.05) is 0 Å². The number of nitrogens with zero attached hydrogens (tertiary/aromatic N) is 1. The van der Waals surface area contributed by atoms with Crippen LogP contribution in [0.5, 0.6) is 11.5 Å². The number of carbonyl (C=O) groups is 1. The molecule has 2 aromatic rings. The first kappa shape index (κ1) is 19.0. The lowest BCUT2D eigenvalue weighted by Crippen LogP contribution is -2.25. The number of rotatable bonds is 7. The minimum Gasteiger partial charge on any atom is -0.497 e. The molecule has 0 aromatic heterocycles. The largest absolute Gasteiger partial charge is 0.497 e. The van der Waals surface area contributed by atoms with Crippen LogP contribution in [0.3, 0.4) is 0 Å². The van der Waals surface area contributed by atoms with Crippen molar-refractivity contribution in [3.8, 4) is 11.5 Å². The molecule has 0 fully saturated rings. The molecule has 8 heteroatoms. The summed E-state index contributed by atoms with van der Waals surface area (Å²) in [7, 11) is -0.626. The van der Waals surface area contributed by atoms with Crippen molar-refractivity contribution in [2.45, 2.75) is 19.1 Å². The van der Waals surface area contributed by atoms with Crippen LogP contribution < -0.4 is 19.1 Å². The highest BCUT2D eigenvalue weighted by Crippen LogP contribution is 2.31. The lowest BCUT2D eigenvalue weighted by molar-refractivity contribution is -0.117. The van der Waals surface area contributed by atoms with E-state index in [1.165, 1.54) is 14.2 Å². The van der Waals surface area contributed by atoms with Crippen LogP contribution >= 0.6 is 0 Å². The number of nitrogens with one attached hydrogen (secondary N) is 1. The monoisotopic (exact) mass is 390 g/mol. The third-order valence-electron chi connectivity index (χ3n) is 4.37. The molecule has 0 aliphatic carbocycles. The average molecular weight is 390 g/mol. The molecule has 0 spiro atoms. The summed E-state index contributed by atoms with van der Waals surface area (Å²) < 4.78 is 38.1. The summed E-state index contributed by atoms with van der Waals surface area (Å²) >= 11 is 0. The Bertz CT molecular complexity index is 950. The molecule has 0 saturated carbocycles. The molecule has 1 amide bonds. The van der Waals surface area contributed by atoms with Gasteiger partial charge in [-0.15, -0.1) is 0 Å². The van der Waals surface area contributed by atoms with Crippen LogP contribution in [0.25, 0.3) is 0 Å². The molecular formula is C19H22N2O5S. The summed E-state index contributed by atoms with van der Waals surface area (Å²) in [6, 6.07) is 10.2. The van der Waals surface area contributed by atoms with Crippen molar-refractivity contribution in [1.29, 1.82) is 0 Å². The van der Waals surface area contributed by atoms with E-state index < -0.39 is 10.0 Å². The van der Waals surface area contributed by atoms with E-state index in [1.54, 1.807) is 41.3 Å². The number of ether oxygens (including phenoxy) is 2. The van der Waals surface area contributed by atoms with Crippen molar-refractivity contribution < 1.29 is 22.7 Å². The summed E-state index contributed by atoms with van der Waals surface area (Å²) in [5, 5.41) is 0. The van der Waals surface area contributed by atoms with E-state index in [0.717, 1.165) is 11.3 Å². The van der Waals surface area contributed by atoms with Crippen molar-refractivity contribution in [3.05, 3.63) is 47.5 Å². The maximum Gasteiger partial charge on any atom is 0.236 e. The van der Waals surface area contributed by atoms with Crippen molar-refractivity contribution >= 4 is 27.3 Å². The van der Waals surface area contributed by atoms with Gasteiger partial charge in [0.15, 0.2) is 0 Å². The van der Waals surface area contributed by atoms with Gasteiger partial charge < -0.3 is 14.4 Å². The van der Waals surface area contributed by atoms with Crippen molar-refractivity contribution in [2.24, 2.45) is 0 Å². The van der Waals surface area contributed by atoms with E-state index in [1.807, 2.05) is 6.92 Å². The third kappa shape index (κ3) is 4.16. The molecule has 0 unspecified atom stereocenters. The Hall–Kier alpha value is -2.74. The molecule has 0 bridgehead atoms. The van der Waals surface area contributed by atoms with Crippen molar-refractivity contribution in [1.82, 2.24) is 0 Å². The van der Waals surface area contributed by atoms with Crippen molar-refractivity contribution in [2.75, 3.05) is 30.4 Å². The van der Waals surface area contributed by atoms with Crippen LogP contribution in [-0.2, 0) is 27.0 Å². The lowest BCUT2D eigenvalue weighted by atomic mass is 10.1. The summed E-state index contributed by atoms with van der Waals surface area (Å²) in [5.74, 6) is 0.846. The van der Waals surface area contributed by atoms with Gasteiger partial charge >= 0.3 is 0 Å². The Kier molecular flexibility index (Phi) is 5.27. The zero-order valence-corrected chi connectivity index (χ0v) is 16.3. The van der Waals surface area contributed by atoms with Crippen LogP contribution in [0.2, 0.25) is 0 Å². The van der Waals surface area contributed by atoms with Gasteiger partial charge in [-0.3, -0.25) is 9.52 Å². The smallest absolute Gasteiger partial charge is 0.236 e. The summed E-state index contributed by atoms with van der Waals surface area (Å²) in [5.41, 5.74) is 2.65. The minimum absolute atomic E-state index is 0.0241. The summed E-state index contributed by atoms with van der Waals surface area (Å²) in [6.07, 6.45) is 0.284. The van der Waals surface area contributed by atoms with Gasteiger partial charge in [0.05, 0.1) is 26.4 Å². The van der Waals surface area contributed by atoms with Gasteiger partial charge in [-0.05, 0) is 48.4 Å². The number of amides is 1. The lowest BCUT2D eigenvalue weighted by Gasteiger charge is -2.15. The molecule has 1 aliphatic heterocycles. The highest BCUT2D eigenvalue weighted by Gasteiger charge is 2.26. The number of anilines is 2. The van der Waals surface area contributed by atoms with E-state index in [4.69, 9.17) is 9.47 Å². The second-order valence-corrected chi connectivity index (χ2v) is 7.96. The molecule has 3 rings (SSSR count). The van der Waals surface area contributed by atoms with E-state index in [9.17, 15) is 13.2 Å². The first-order valence-electron chi connectivity index (χ1n) is 8.51. The van der Waals surface area contributed by atoms with Gasteiger partial charge in [-0.25, -0.2) is 8.42 Å². The molecule has 1 heterocycles. The zero-order chi connectivity index (χ0) is 19.6. The maximum atomic E-state index is 12.6. The van der Waals surface area contributed by atoms with Crippen LogP contribution in [0.1, 0.15) is 18.1 Å². The normalized spacial score (nSPS) is 13.4. The zero-order valence-electron chi connectivity index (χ0n) is 15.5. The van der Waals surface area contributed by atoms with E-state index in [-0.39, 0.29) is 18.1 Å². The quantitative estimate of drug-likeness (QED) is 0.785. The predicted octanol–water partition coefficient (Wildman–Crippen LogP) is 2.55. The topological polar surface area (TPSA) is 84.9 Å². The molecule has 0 atom stereocenters. The average Bonchev–Trinajstić information content (AvgIpc) is 2.94. The first-order chi connectivity index (χ1) is 12.8. The molecule has 7 nitrogen and oxygen atoms in total. The number of carbonyl (C=O) groups excluding carboxylic acids is 1. The van der Waals surface area contributed by atoms with E-state index >= 15 is 0 Å². The number of fused-ring (bicyclic) bond motifs is 1. The Morgan fingerprint density at radius 2 is 1.74 bits per heavy atom. The molecule has 144 valence electrons. The molecule has 1 aliphatic rings. The fourth-order valence-corrected chi connectivity index (χ4v) is 4.34. The van der Waals surface area contributed by atoms with Gasteiger partial charge in [0.1, 0.15) is 11.5 Å². The molecule has 27 heavy (non-hydrogen) atoms. The summed E-state index contributed by atoms with van der Waals surface area (Å²) in [6.45, 7) is 2.50. The van der Waals surface area contributed by atoms with Crippen LogP contribution in [0, 0.1) is 0 Å². The fourth-order valence-electron chi connectivity index (χ4n) is 3.18. The fraction of sp³-hybridized carbons (Fsp3) is 0.316. The van der Waals surface area contributed by atoms with Crippen LogP contribution in [-0.4, -0.2) is 35.1 Å². The van der Waals surface area contributed by atoms with Gasteiger partial charge in [0.2, 0.25) is 15.9 Å². The molecule has 0 radical (unpaired) electrons. The second-order valence-electron chi connectivity index (χ2n) is 6.24. The summed E-state index contributed by atoms with van der Waals surface area (Å²) in [4.78, 5) is 13.7. The Morgan fingerprint density at radius 1 is 1.07 bits per heavy atom. The van der Waals surface area contributed by atoms with Gasteiger partial charge in [0, 0.05) is 24.0 Å². The number of hydrogen-bond acceptors (Lipinski definition) is 5. The number of sulfonamides is 1. The molecule has 1 N–H and O–H groups in total. The third-order valence-corrected chi connectivity index (χ3v) is 5.63. The van der Waals surface area contributed by atoms with Gasteiger partial charge in [-0.2, -0.15) is 0 Å². The Labute approximate surface area is 158 Å². The van der Waals surface area contributed by atoms with E-state index in [0.29, 0.717) is 29.3 Å². The first-order valence-corrected chi connectivity index (χ1v) is 10.2. The Balaban J connectivity index is 1.80. The highest BCUT2D eigenvalue weighted by molar-refractivity contribution is 7.91. The molecule has 2 aromatic carbocycles. The SMILES string of the molecule is CCN1C(=O)Cc2cc(NS(=O)(=O)Cc3cc(OC)cc(OC)c3)ccc21. The number of likely N-dealkylation sites (N-methyl/N-ethyl adjacent to an activating group) is 1. The molecule has 0 saturated heterocycles. The second kappa shape index (κ2) is 7.48. The van der Waals surface area contributed by atoms with Gasteiger partial charge in [0.25, 0.3) is 0 Å². The van der Waals surface area contributed by atoms with Crippen LogP contribution in [0.4, 0.5) is 11.4 Å². The van der Waals surface area contributed by atoms with E-state index in [2.05, 4.69) is 4.72 Å². The maximum absolute atomic E-state index is 12.6. The minimum atomic E-state index is -3.65. The number of hydrogen-bond donors (Lipinski definition) is 1. The standard InChI is InChI=1S/C19H22N2O5S/c1-4-21-18-6-5-15(9-14(18)10-19(21)22)20-27(23,24)12-13-7-16(25-2)11-17(8-13)26-3/h5-9,11,20H,4,10,12H2,1-3H3. The predicted molar refractivity (Wildman–Crippen MR) is 104 cm³/mol. The van der Waals surface area contributed by atoms with Crippen LogP contribution in [0.15, 0.2) is 36.4 Å². The van der Waals surface area contributed by atoms with Crippen molar-refractivity contribution in [3.63, 3.8) is 0 Å². The molecular weight excluding hydrogens is 368 g/mol. The number of benzene rings is 2. The highest BCUT2D eigenvalue weighted by atomic mass is 32.2.